The number of benzene rings is 2. The third-order valence-electron chi connectivity index (χ3n) is 5.27. The molecule has 1 aliphatic heterocycles. The van der Waals surface area contributed by atoms with Gasteiger partial charge in [0.2, 0.25) is 17.6 Å². The zero-order valence-corrected chi connectivity index (χ0v) is 16.7. The Labute approximate surface area is 173 Å². The van der Waals surface area contributed by atoms with E-state index < -0.39 is 5.82 Å². The number of hydrogen-bond acceptors (Lipinski definition) is 6. The average Bonchev–Trinajstić information content (AvgIpc) is 3.24. The minimum atomic E-state index is -0.424. The van der Waals surface area contributed by atoms with E-state index in [2.05, 4.69) is 20.4 Å². The molecular formula is C22H23FN4O3. The molecule has 1 fully saturated rings. The highest BCUT2D eigenvalue weighted by atomic mass is 19.1. The van der Waals surface area contributed by atoms with Crippen molar-refractivity contribution in [3.63, 3.8) is 0 Å². The lowest BCUT2D eigenvalue weighted by atomic mass is 9.96. The van der Waals surface area contributed by atoms with Crippen LogP contribution in [0.25, 0.3) is 11.4 Å². The largest absolute Gasteiger partial charge is 0.497 e. The average molecular weight is 410 g/mol. The van der Waals surface area contributed by atoms with Gasteiger partial charge in [0.05, 0.1) is 19.3 Å². The number of likely N-dealkylation sites (tertiary alicyclic amines) is 1. The van der Waals surface area contributed by atoms with E-state index >= 15 is 0 Å². The zero-order valence-electron chi connectivity index (χ0n) is 16.7. The van der Waals surface area contributed by atoms with Crippen LogP contribution in [0.15, 0.2) is 53.1 Å². The van der Waals surface area contributed by atoms with Crippen LogP contribution in [0, 0.1) is 11.7 Å². The van der Waals surface area contributed by atoms with Crippen LogP contribution in [0.5, 0.6) is 5.75 Å². The van der Waals surface area contributed by atoms with E-state index in [0.717, 1.165) is 24.4 Å². The van der Waals surface area contributed by atoms with E-state index in [4.69, 9.17) is 9.26 Å². The molecule has 4 rings (SSSR count). The third kappa shape index (κ3) is 4.65. The van der Waals surface area contributed by atoms with Gasteiger partial charge in [-0.2, -0.15) is 4.98 Å². The maximum Gasteiger partial charge on any atom is 0.241 e. The molecule has 0 atom stereocenters. The van der Waals surface area contributed by atoms with Crippen LogP contribution in [-0.2, 0) is 11.3 Å². The summed E-state index contributed by atoms with van der Waals surface area (Å²) >= 11 is 0. The van der Waals surface area contributed by atoms with E-state index in [1.54, 1.807) is 25.3 Å². The standard InChI is InChI=1S/C22H23FN4O3/c1-29-17-8-6-15(7-9-17)21-25-20(30-26-21)14-27-12-10-16(11-13-27)22(28)24-19-5-3-2-4-18(19)23/h2-9,16H,10-14H2,1H3,(H,24,28). The van der Waals surface area contributed by atoms with Gasteiger partial charge in [-0.1, -0.05) is 17.3 Å². The molecule has 30 heavy (non-hydrogen) atoms. The van der Waals surface area contributed by atoms with E-state index in [9.17, 15) is 9.18 Å². The molecule has 1 amide bonds. The summed E-state index contributed by atoms with van der Waals surface area (Å²) in [5, 5.41) is 6.74. The zero-order chi connectivity index (χ0) is 20.9. The van der Waals surface area contributed by atoms with Crippen molar-refractivity contribution in [2.45, 2.75) is 19.4 Å². The second kappa shape index (κ2) is 9.04. The van der Waals surface area contributed by atoms with E-state index in [1.807, 2.05) is 24.3 Å². The number of carbonyl (C=O) groups excluding carboxylic acids is 1. The number of aromatic nitrogens is 2. The molecule has 2 aromatic carbocycles. The number of methoxy groups -OCH3 is 1. The Morgan fingerprint density at radius 3 is 2.63 bits per heavy atom. The van der Waals surface area contributed by atoms with Crippen molar-refractivity contribution < 1.29 is 18.4 Å². The fourth-order valence-corrected chi connectivity index (χ4v) is 3.52. The van der Waals surface area contributed by atoms with Crippen LogP contribution in [0.4, 0.5) is 10.1 Å². The first kappa shape index (κ1) is 20.0. The monoisotopic (exact) mass is 410 g/mol. The van der Waals surface area contributed by atoms with Gasteiger partial charge in [0.1, 0.15) is 11.6 Å². The Morgan fingerprint density at radius 1 is 1.20 bits per heavy atom. The molecule has 1 saturated heterocycles. The first-order valence-corrected chi connectivity index (χ1v) is 9.87. The van der Waals surface area contributed by atoms with Gasteiger partial charge < -0.3 is 14.6 Å². The van der Waals surface area contributed by atoms with Gasteiger partial charge in [-0.15, -0.1) is 0 Å². The SMILES string of the molecule is COc1ccc(-c2noc(CN3CCC(C(=O)Nc4ccccc4F)CC3)n2)cc1. The normalized spacial score (nSPS) is 15.1. The molecule has 0 unspecified atom stereocenters. The summed E-state index contributed by atoms with van der Waals surface area (Å²) < 4.78 is 24.3. The van der Waals surface area contributed by atoms with Crippen LogP contribution in [0.1, 0.15) is 18.7 Å². The fourth-order valence-electron chi connectivity index (χ4n) is 3.52. The number of hydrogen-bond donors (Lipinski definition) is 1. The molecule has 156 valence electrons. The Kier molecular flexibility index (Phi) is 6.04. The molecule has 1 aromatic heterocycles. The van der Waals surface area contributed by atoms with Gasteiger partial charge in [0.15, 0.2) is 0 Å². The molecule has 2 heterocycles. The third-order valence-corrected chi connectivity index (χ3v) is 5.27. The van der Waals surface area contributed by atoms with Crippen molar-refractivity contribution in [2.24, 2.45) is 5.92 Å². The quantitative estimate of drug-likeness (QED) is 0.667. The first-order valence-electron chi connectivity index (χ1n) is 9.87. The minimum Gasteiger partial charge on any atom is -0.497 e. The second-order valence-corrected chi connectivity index (χ2v) is 7.26. The van der Waals surface area contributed by atoms with Crippen molar-refractivity contribution >= 4 is 11.6 Å². The van der Waals surface area contributed by atoms with Gasteiger partial charge in [0, 0.05) is 11.5 Å². The predicted molar refractivity (Wildman–Crippen MR) is 109 cm³/mol. The number of nitrogens with one attached hydrogen (secondary N) is 1. The van der Waals surface area contributed by atoms with Crippen LogP contribution >= 0.6 is 0 Å². The molecule has 0 bridgehead atoms. The van der Waals surface area contributed by atoms with Gasteiger partial charge in [0.25, 0.3) is 0 Å². The van der Waals surface area contributed by atoms with Gasteiger partial charge in [-0.25, -0.2) is 4.39 Å². The maximum atomic E-state index is 13.7. The highest BCUT2D eigenvalue weighted by Gasteiger charge is 2.26. The molecule has 7 nitrogen and oxygen atoms in total. The van der Waals surface area contributed by atoms with Crippen LogP contribution < -0.4 is 10.1 Å². The molecule has 0 radical (unpaired) electrons. The van der Waals surface area contributed by atoms with E-state index in [1.165, 1.54) is 6.07 Å². The Balaban J connectivity index is 1.29. The molecule has 0 saturated carbocycles. The lowest BCUT2D eigenvalue weighted by Gasteiger charge is -2.30. The summed E-state index contributed by atoms with van der Waals surface area (Å²) in [6.45, 7) is 2.00. The molecule has 0 aliphatic carbocycles. The summed E-state index contributed by atoms with van der Waals surface area (Å²) in [4.78, 5) is 19.1. The second-order valence-electron chi connectivity index (χ2n) is 7.26. The molecule has 1 aliphatic rings. The van der Waals surface area contributed by atoms with Crippen molar-refractivity contribution in [2.75, 3.05) is 25.5 Å². The number of para-hydroxylation sites is 1. The number of anilines is 1. The highest BCUT2D eigenvalue weighted by Crippen LogP contribution is 2.23. The van der Waals surface area contributed by atoms with Crippen LogP contribution in [-0.4, -0.2) is 41.1 Å². The molecule has 8 heteroatoms. The number of ether oxygens (including phenoxy) is 1. The van der Waals surface area contributed by atoms with Gasteiger partial charge >= 0.3 is 0 Å². The fraction of sp³-hybridized carbons (Fsp3) is 0.318. The van der Waals surface area contributed by atoms with E-state index in [-0.39, 0.29) is 17.5 Å². The van der Waals surface area contributed by atoms with E-state index in [0.29, 0.717) is 31.1 Å². The lowest BCUT2D eigenvalue weighted by molar-refractivity contribution is -0.121. The lowest BCUT2D eigenvalue weighted by Crippen LogP contribution is -2.37. The van der Waals surface area contributed by atoms with Crippen molar-refractivity contribution in [1.82, 2.24) is 15.0 Å². The molecular weight excluding hydrogens is 387 g/mol. The highest BCUT2D eigenvalue weighted by molar-refractivity contribution is 5.92. The van der Waals surface area contributed by atoms with Crippen molar-refractivity contribution in [3.05, 3.63) is 60.2 Å². The smallest absolute Gasteiger partial charge is 0.241 e. The van der Waals surface area contributed by atoms with Crippen molar-refractivity contribution in [3.8, 4) is 17.1 Å². The Morgan fingerprint density at radius 2 is 1.93 bits per heavy atom. The first-order chi connectivity index (χ1) is 14.6. The molecule has 1 N–H and O–H groups in total. The summed E-state index contributed by atoms with van der Waals surface area (Å²) in [7, 11) is 1.62. The molecule has 0 spiro atoms. The summed E-state index contributed by atoms with van der Waals surface area (Å²) in [6.07, 6.45) is 1.39. The Hall–Kier alpha value is -3.26. The maximum absolute atomic E-state index is 13.7. The Bertz CT molecular complexity index is 998. The topological polar surface area (TPSA) is 80.5 Å². The van der Waals surface area contributed by atoms with Crippen LogP contribution in [0.3, 0.4) is 0 Å². The van der Waals surface area contributed by atoms with Gasteiger partial charge in [-0.3, -0.25) is 9.69 Å². The number of amides is 1. The summed E-state index contributed by atoms with van der Waals surface area (Å²) in [5.41, 5.74) is 1.08. The predicted octanol–water partition coefficient (Wildman–Crippen LogP) is 3.74. The summed E-state index contributed by atoms with van der Waals surface area (Å²) in [6, 6.07) is 13.7. The number of carbonyl (C=O) groups is 1. The number of piperidine rings is 1. The molecule has 3 aromatic rings. The minimum absolute atomic E-state index is 0.140. The van der Waals surface area contributed by atoms with Crippen LogP contribution in [0.2, 0.25) is 0 Å². The number of halogens is 1. The number of nitrogens with zero attached hydrogens (tertiary/aromatic N) is 3. The summed E-state index contributed by atoms with van der Waals surface area (Å²) in [5.74, 6) is 1.14. The van der Waals surface area contributed by atoms with Gasteiger partial charge in [-0.05, 0) is 62.3 Å². The van der Waals surface area contributed by atoms with Crippen molar-refractivity contribution in [1.29, 1.82) is 0 Å². The number of rotatable bonds is 6.